The smallest absolute Gasteiger partial charge is 0.120 e. The van der Waals surface area contributed by atoms with Gasteiger partial charge in [0.2, 0.25) is 0 Å². The fraction of sp³-hybridized carbons (Fsp3) is 0.500. The maximum Gasteiger partial charge on any atom is 0.120 e. The Kier molecular flexibility index (Phi) is 3.96. The summed E-state index contributed by atoms with van der Waals surface area (Å²) in [7, 11) is 1.66. The minimum Gasteiger partial charge on any atom is -0.497 e. The van der Waals surface area contributed by atoms with Crippen molar-refractivity contribution in [3.63, 3.8) is 0 Å². The van der Waals surface area contributed by atoms with E-state index >= 15 is 0 Å². The number of morpholine rings is 1. The molecule has 2 N–H and O–H groups in total. The first kappa shape index (κ1) is 14.1. The van der Waals surface area contributed by atoms with Gasteiger partial charge in [0.1, 0.15) is 10.7 Å². The third-order valence-corrected chi connectivity index (χ3v) is 3.63. The molecule has 0 aliphatic carbocycles. The fourth-order valence-electron chi connectivity index (χ4n) is 2.37. The van der Waals surface area contributed by atoms with Gasteiger partial charge in [-0.3, -0.25) is 0 Å². The molecule has 5 heteroatoms. The van der Waals surface area contributed by atoms with Crippen LogP contribution in [0.4, 0.5) is 5.69 Å². The lowest BCUT2D eigenvalue weighted by Gasteiger charge is -2.44. The van der Waals surface area contributed by atoms with E-state index in [1.54, 1.807) is 7.11 Å². The topological polar surface area (TPSA) is 47.7 Å². The highest BCUT2D eigenvalue weighted by atomic mass is 32.1. The molecule has 0 bridgehead atoms. The Morgan fingerprint density at radius 2 is 2.21 bits per heavy atom. The number of methoxy groups -OCH3 is 1. The zero-order valence-corrected chi connectivity index (χ0v) is 12.4. The summed E-state index contributed by atoms with van der Waals surface area (Å²) in [5, 5.41) is 0. The largest absolute Gasteiger partial charge is 0.497 e. The molecular formula is C14H20N2O2S. The average molecular weight is 280 g/mol. The monoisotopic (exact) mass is 280 g/mol. The van der Waals surface area contributed by atoms with Gasteiger partial charge in [-0.05, 0) is 26.0 Å². The van der Waals surface area contributed by atoms with E-state index in [1.165, 1.54) is 0 Å². The zero-order valence-electron chi connectivity index (χ0n) is 11.6. The van der Waals surface area contributed by atoms with E-state index in [0.29, 0.717) is 18.2 Å². The number of anilines is 1. The van der Waals surface area contributed by atoms with Crippen molar-refractivity contribution in [2.24, 2.45) is 5.73 Å². The number of ether oxygens (including phenoxy) is 2. The number of nitrogens with two attached hydrogens (primary N) is 1. The van der Waals surface area contributed by atoms with E-state index in [0.717, 1.165) is 23.5 Å². The second-order valence-electron chi connectivity index (χ2n) is 5.26. The Balaban J connectivity index is 2.49. The molecule has 4 nitrogen and oxygen atoms in total. The highest BCUT2D eigenvalue weighted by Gasteiger charge is 2.32. The van der Waals surface area contributed by atoms with Gasteiger partial charge in [-0.25, -0.2) is 0 Å². The van der Waals surface area contributed by atoms with Gasteiger partial charge in [0.15, 0.2) is 0 Å². The molecule has 1 aliphatic rings. The summed E-state index contributed by atoms with van der Waals surface area (Å²) in [5.74, 6) is 0.803. The number of rotatable bonds is 3. The summed E-state index contributed by atoms with van der Waals surface area (Å²) < 4.78 is 10.9. The van der Waals surface area contributed by atoms with E-state index in [2.05, 4.69) is 18.7 Å². The van der Waals surface area contributed by atoms with E-state index < -0.39 is 0 Å². The van der Waals surface area contributed by atoms with Gasteiger partial charge in [-0.1, -0.05) is 12.2 Å². The maximum absolute atomic E-state index is 5.83. The average Bonchev–Trinajstić information content (AvgIpc) is 2.37. The number of hydrogen-bond acceptors (Lipinski definition) is 4. The van der Waals surface area contributed by atoms with Gasteiger partial charge in [0, 0.05) is 18.2 Å². The van der Waals surface area contributed by atoms with Crippen LogP contribution < -0.4 is 15.4 Å². The van der Waals surface area contributed by atoms with Crippen LogP contribution in [-0.4, -0.2) is 37.4 Å². The van der Waals surface area contributed by atoms with Gasteiger partial charge < -0.3 is 20.1 Å². The van der Waals surface area contributed by atoms with Crippen LogP contribution in [0.25, 0.3) is 0 Å². The van der Waals surface area contributed by atoms with Gasteiger partial charge in [-0.2, -0.15) is 0 Å². The van der Waals surface area contributed by atoms with E-state index in [-0.39, 0.29) is 5.54 Å². The van der Waals surface area contributed by atoms with Crippen molar-refractivity contribution in [1.29, 1.82) is 0 Å². The lowest BCUT2D eigenvalue weighted by molar-refractivity contribution is 0.0643. The Labute approximate surface area is 119 Å². The predicted octanol–water partition coefficient (Wildman–Crippen LogP) is 1.94. The summed E-state index contributed by atoms with van der Waals surface area (Å²) in [6.45, 7) is 6.50. The summed E-state index contributed by atoms with van der Waals surface area (Å²) in [6, 6.07) is 5.79. The van der Waals surface area contributed by atoms with Gasteiger partial charge in [0.25, 0.3) is 0 Å². The molecular weight excluding hydrogens is 260 g/mol. The normalized spacial score (nSPS) is 18.2. The minimum atomic E-state index is -0.0931. The molecule has 0 aromatic heterocycles. The molecule has 0 saturated carbocycles. The molecule has 1 heterocycles. The molecule has 1 fully saturated rings. The third-order valence-electron chi connectivity index (χ3n) is 3.41. The van der Waals surface area contributed by atoms with Crippen LogP contribution in [0.5, 0.6) is 5.75 Å². The number of hydrogen-bond donors (Lipinski definition) is 1. The van der Waals surface area contributed by atoms with Gasteiger partial charge >= 0.3 is 0 Å². The van der Waals surface area contributed by atoms with Crippen LogP contribution in [-0.2, 0) is 4.74 Å². The van der Waals surface area contributed by atoms with Crippen LogP contribution in [0.3, 0.4) is 0 Å². The highest BCUT2D eigenvalue weighted by molar-refractivity contribution is 7.80. The predicted molar refractivity (Wildman–Crippen MR) is 81.1 cm³/mol. The van der Waals surface area contributed by atoms with Crippen molar-refractivity contribution in [1.82, 2.24) is 0 Å². The van der Waals surface area contributed by atoms with Crippen LogP contribution >= 0.6 is 12.2 Å². The van der Waals surface area contributed by atoms with Crippen molar-refractivity contribution in [2.75, 3.05) is 31.8 Å². The Hall–Kier alpha value is -1.33. The molecule has 1 aromatic rings. The van der Waals surface area contributed by atoms with Crippen molar-refractivity contribution in [3.05, 3.63) is 23.8 Å². The first-order valence-corrected chi connectivity index (χ1v) is 6.70. The molecule has 1 aliphatic heterocycles. The van der Waals surface area contributed by atoms with Gasteiger partial charge in [0.05, 0.1) is 31.5 Å². The second kappa shape index (κ2) is 5.35. The number of thiocarbonyl (C=S) groups is 1. The quantitative estimate of drug-likeness (QED) is 0.858. The molecule has 104 valence electrons. The SMILES string of the molecule is COc1ccc(C(N)=S)c(N2CCOCC2(C)C)c1. The van der Waals surface area contributed by atoms with Crippen LogP contribution in [0.1, 0.15) is 19.4 Å². The lowest BCUT2D eigenvalue weighted by Crippen LogP contribution is -2.53. The zero-order chi connectivity index (χ0) is 14.0. The number of nitrogens with zero attached hydrogens (tertiary/aromatic N) is 1. The Morgan fingerprint density at radius 3 is 2.79 bits per heavy atom. The maximum atomic E-state index is 5.83. The molecule has 2 rings (SSSR count). The molecule has 1 aromatic carbocycles. The molecule has 1 saturated heterocycles. The third kappa shape index (κ3) is 2.82. The van der Waals surface area contributed by atoms with Gasteiger partial charge in [-0.15, -0.1) is 0 Å². The molecule has 0 amide bonds. The molecule has 0 radical (unpaired) electrons. The molecule has 19 heavy (non-hydrogen) atoms. The summed E-state index contributed by atoms with van der Waals surface area (Å²) in [4.78, 5) is 2.69. The van der Waals surface area contributed by atoms with E-state index in [1.807, 2.05) is 18.2 Å². The Morgan fingerprint density at radius 1 is 1.47 bits per heavy atom. The fourth-order valence-corrected chi connectivity index (χ4v) is 2.55. The highest BCUT2D eigenvalue weighted by Crippen LogP contribution is 2.32. The van der Waals surface area contributed by atoms with Crippen molar-refractivity contribution in [2.45, 2.75) is 19.4 Å². The summed E-state index contributed by atoms with van der Waals surface area (Å²) in [6.07, 6.45) is 0. The standard InChI is InChI=1S/C14H20N2O2S/c1-14(2)9-18-7-6-16(14)12-8-10(17-3)4-5-11(12)13(15)19/h4-5,8H,6-7,9H2,1-3H3,(H2,15,19). The van der Waals surface area contributed by atoms with Crippen LogP contribution in [0.2, 0.25) is 0 Å². The van der Waals surface area contributed by atoms with E-state index in [4.69, 9.17) is 27.4 Å². The van der Waals surface area contributed by atoms with Crippen LogP contribution in [0, 0.1) is 0 Å². The van der Waals surface area contributed by atoms with Crippen LogP contribution in [0.15, 0.2) is 18.2 Å². The van der Waals surface area contributed by atoms with E-state index in [9.17, 15) is 0 Å². The van der Waals surface area contributed by atoms with Crippen molar-refractivity contribution < 1.29 is 9.47 Å². The lowest BCUT2D eigenvalue weighted by atomic mass is 9.99. The first-order chi connectivity index (χ1) is 8.95. The second-order valence-corrected chi connectivity index (χ2v) is 5.70. The first-order valence-electron chi connectivity index (χ1n) is 6.29. The summed E-state index contributed by atoms with van der Waals surface area (Å²) >= 11 is 5.15. The Bertz CT molecular complexity index is 488. The number of benzene rings is 1. The minimum absolute atomic E-state index is 0.0931. The molecule has 0 spiro atoms. The summed E-state index contributed by atoms with van der Waals surface area (Å²) in [5.41, 5.74) is 7.64. The van der Waals surface area contributed by atoms with Crippen molar-refractivity contribution >= 4 is 22.9 Å². The molecule has 0 unspecified atom stereocenters. The van der Waals surface area contributed by atoms with Crippen molar-refractivity contribution in [3.8, 4) is 5.75 Å². The molecule has 0 atom stereocenters.